The van der Waals surface area contributed by atoms with Gasteiger partial charge in [-0.15, -0.1) is 0 Å². The lowest BCUT2D eigenvalue weighted by atomic mass is 10.1. The van der Waals surface area contributed by atoms with Gasteiger partial charge in [-0.25, -0.2) is 14.5 Å². The molecule has 4 rings (SSSR count). The number of carbonyl (C=O) groups is 1. The number of anilines is 1. The van der Waals surface area contributed by atoms with Crippen LogP contribution in [0.25, 0.3) is 16.9 Å². The lowest BCUT2D eigenvalue weighted by Crippen LogP contribution is -2.45. The molecule has 0 spiro atoms. The number of nitrogens with zero attached hydrogens (tertiary/aromatic N) is 7. The second kappa shape index (κ2) is 7.95. The molecular formula is C20H18N8O. The molecule has 0 aliphatic carbocycles. The van der Waals surface area contributed by atoms with Gasteiger partial charge in [-0.2, -0.15) is 15.6 Å². The second-order valence-electron chi connectivity index (χ2n) is 6.84. The molecule has 1 aliphatic rings. The van der Waals surface area contributed by atoms with Crippen molar-refractivity contribution in [2.24, 2.45) is 0 Å². The fourth-order valence-corrected chi connectivity index (χ4v) is 3.50. The summed E-state index contributed by atoms with van der Waals surface area (Å²) in [7, 11) is 0. The Labute approximate surface area is 167 Å². The summed E-state index contributed by atoms with van der Waals surface area (Å²) in [4.78, 5) is 22.7. The summed E-state index contributed by atoms with van der Waals surface area (Å²) in [5, 5.41) is 25.6. The second-order valence-corrected chi connectivity index (χ2v) is 6.84. The predicted molar refractivity (Wildman–Crippen MR) is 104 cm³/mol. The highest BCUT2D eigenvalue weighted by molar-refractivity contribution is 5.78. The summed E-state index contributed by atoms with van der Waals surface area (Å²) in [5.41, 5.74) is 2.03. The van der Waals surface area contributed by atoms with Crippen molar-refractivity contribution >= 4 is 17.2 Å². The van der Waals surface area contributed by atoms with Gasteiger partial charge in [0.2, 0.25) is 5.91 Å². The SMILES string of the molecule is N#CCC(=O)N1CCC[C@@H](Nc2ccnc(-c3cnn4ccc(C#N)cc34)n2)C1. The van der Waals surface area contributed by atoms with Crippen LogP contribution in [0.3, 0.4) is 0 Å². The molecule has 0 saturated carbocycles. The predicted octanol–water partition coefficient (Wildman–Crippen LogP) is 1.98. The number of rotatable bonds is 4. The molecule has 0 radical (unpaired) electrons. The van der Waals surface area contributed by atoms with E-state index in [0.29, 0.717) is 30.3 Å². The van der Waals surface area contributed by atoms with Gasteiger partial charge in [0.25, 0.3) is 0 Å². The van der Waals surface area contributed by atoms with Gasteiger partial charge in [-0.05, 0) is 31.0 Å². The molecule has 1 fully saturated rings. The molecule has 1 amide bonds. The fraction of sp³-hybridized carbons (Fsp3) is 0.300. The van der Waals surface area contributed by atoms with Crippen molar-refractivity contribution in [1.82, 2.24) is 24.5 Å². The fourth-order valence-electron chi connectivity index (χ4n) is 3.50. The van der Waals surface area contributed by atoms with E-state index in [2.05, 4.69) is 26.5 Å². The molecular weight excluding hydrogens is 368 g/mol. The van der Waals surface area contributed by atoms with Gasteiger partial charge in [0, 0.05) is 31.5 Å². The summed E-state index contributed by atoms with van der Waals surface area (Å²) in [6.45, 7) is 1.22. The quantitative estimate of drug-likeness (QED) is 0.727. The Morgan fingerprint density at radius 3 is 3.07 bits per heavy atom. The Balaban J connectivity index is 1.55. The van der Waals surface area contributed by atoms with Crippen LogP contribution in [0, 0.1) is 22.7 Å². The Kier molecular flexibility index (Phi) is 5.04. The van der Waals surface area contributed by atoms with E-state index < -0.39 is 0 Å². The Hall–Kier alpha value is -3.98. The van der Waals surface area contributed by atoms with Crippen LogP contribution in [0.15, 0.2) is 36.8 Å². The molecule has 29 heavy (non-hydrogen) atoms. The zero-order valence-electron chi connectivity index (χ0n) is 15.6. The molecule has 144 valence electrons. The number of likely N-dealkylation sites (tertiary alicyclic amines) is 1. The zero-order chi connectivity index (χ0) is 20.2. The van der Waals surface area contributed by atoms with E-state index in [9.17, 15) is 4.79 Å². The Bertz CT molecular complexity index is 1140. The van der Waals surface area contributed by atoms with E-state index in [1.807, 2.05) is 6.07 Å². The number of pyridine rings is 1. The number of amides is 1. The molecule has 0 unspecified atom stereocenters. The zero-order valence-corrected chi connectivity index (χ0v) is 15.6. The van der Waals surface area contributed by atoms with Crippen LogP contribution in [0.1, 0.15) is 24.8 Å². The minimum Gasteiger partial charge on any atom is -0.365 e. The molecule has 9 heteroatoms. The highest BCUT2D eigenvalue weighted by atomic mass is 16.2. The average Bonchev–Trinajstić information content (AvgIpc) is 3.17. The molecule has 1 aliphatic heterocycles. The molecule has 3 aromatic heterocycles. The first kappa shape index (κ1) is 18.4. The highest BCUT2D eigenvalue weighted by Gasteiger charge is 2.23. The summed E-state index contributed by atoms with van der Waals surface area (Å²) in [5.74, 6) is 1.03. The van der Waals surface area contributed by atoms with Gasteiger partial charge in [0.15, 0.2) is 5.82 Å². The van der Waals surface area contributed by atoms with Crippen molar-refractivity contribution in [2.75, 3.05) is 18.4 Å². The van der Waals surface area contributed by atoms with E-state index in [4.69, 9.17) is 10.5 Å². The minimum absolute atomic E-state index is 0.0586. The van der Waals surface area contributed by atoms with Crippen molar-refractivity contribution in [1.29, 1.82) is 10.5 Å². The molecule has 1 N–H and O–H groups in total. The van der Waals surface area contributed by atoms with Crippen LogP contribution in [-0.2, 0) is 4.79 Å². The van der Waals surface area contributed by atoms with Crippen LogP contribution in [0.2, 0.25) is 0 Å². The van der Waals surface area contributed by atoms with Gasteiger partial charge in [0.1, 0.15) is 12.2 Å². The lowest BCUT2D eigenvalue weighted by molar-refractivity contribution is -0.131. The summed E-state index contributed by atoms with van der Waals surface area (Å²) in [6.07, 6.45) is 6.77. The molecule has 0 bridgehead atoms. The third-order valence-electron chi connectivity index (χ3n) is 4.90. The number of nitriles is 2. The average molecular weight is 386 g/mol. The maximum Gasteiger partial charge on any atom is 0.236 e. The number of aromatic nitrogens is 4. The van der Waals surface area contributed by atoms with Crippen LogP contribution in [0.5, 0.6) is 0 Å². The van der Waals surface area contributed by atoms with Crippen molar-refractivity contribution in [3.05, 3.63) is 42.4 Å². The van der Waals surface area contributed by atoms with E-state index in [0.717, 1.165) is 23.9 Å². The molecule has 3 aromatic rings. The van der Waals surface area contributed by atoms with Gasteiger partial charge in [-0.3, -0.25) is 4.79 Å². The third kappa shape index (κ3) is 3.85. The summed E-state index contributed by atoms with van der Waals surface area (Å²) in [6, 6.07) is 9.34. The Morgan fingerprint density at radius 2 is 2.24 bits per heavy atom. The van der Waals surface area contributed by atoms with Gasteiger partial charge < -0.3 is 10.2 Å². The normalized spacial score (nSPS) is 16.2. The highest BCUT2D eigenvalue weighted by Crippen LogP contribution is 2.23. The first-order valence-electron chi connectivity index (χ1n) is 9.30. The van der Waals surface area contributed by atoms with Crippen molar-refractivity contribution in [2.45, 2.75) is 25.3 Å². The van der Waals surface area contributed by atoms with Crippen LogP contribution < -0.4 is 5.32 Å². The molecule has 1 atom stereocenters. The lowest BCUT2D eigenvalue weighted by Gasteiger charge is -2.33. The van der Waals surface area contributed by atoms with E-state index in [-0.39, 0.29) is 18.4 Å². The van der Waals surface area contributed by atoms with E-state index >= 15 is 0 Å². The number of nitrogens with one attached hydrogen (secondary N) is 1. The van der Waals surface area contributed by atoms with Crippen molar-refractivity contribution < 1.29 is 4.79 Å². The molecule has 0 aromatic carbocycles. The summed E-state index contributed by atoms with van der Waals surface area (Å²) >= 11 is 0. The third-order valence-corrected chi connectivity index (χ3v) is 4.90. The Morgan fingerprint density at radius 1 is 1.34 bits per heavy atom. The van der Waals surface area contributed by atoms with Crippen LogP contribution >= 0.6 is 0 Å². The molecule has 9 nitrogen and oxygen atoms in total. The van der Waals surface area contributed by atoms with Crippen LogP contribution in [0.4, 0.5) is 5.82 Å². The number of fused-ring (bicyclic) bond motifs is 1. The molecule has 1 saturated heterocycles. The number of carbonyl (C=O) groups excluding carboxylic acids is 1. The topological polar surface area (TPSA) is 123 Å². The van der Waals surface area contributed by atoms with Crippen molar-refractivity contribution in [3.63, 3.8) is 0 Å². The van der Waals surface area contributed by atoms with Gasteiger partial charge in [0.05, 0.1) is 35.0 Å². The number of hydrogen-bond donors (Lipinski definition) is 1. The standard InChI is InChI=1S/C20H18N8O/c21-6-3-19(29)27-8-1-2-15(13-27)25-18-4-7-23-20(26-18)16-12-24-28-9-5-14(11-22)10-17(16)28/h4-5,7,9-10,12,15H,1-3,8,13H2,(H,23,25,26)/t15-/m1/s1. The largest absolute Gasteiger partial charge is 0.365 e. The number of hydrogen-bond acceptors (Lipinski definition) is 7. The van der Waals surface area contributed by atoms with Gasteiger partial charge >= 0.3 is 0 Å². The number of piperidine rings is 1. The van der Waals surface area contributed by atoms with Gasteiger partial charge in [-0.1, -0.05) is 0 Å². The maximum absolute atomic E-state index is 12.0. The van der Waals surface area contributed by atoms with Crippen LogP contribution in [-0.4, -0.2) is 49.5 Å². The van der Waals surface area contributed by atoms with Crippen molar-refractivity contribution in [3.8, 4) is 23.5 Å². The van der Waals surface area contributed by atoms with E-state index in [1.54, 1.807) is 46.2 Å². The maximum atomic E-state index is 12.0. The first-order valence-corrected chi connectivity index (χ1v) is 9.30. The minimum atomic E-state index is -0.137. The van der Waals surface area contributed by atoms with E-state index in [1.165, 1.54) is 0 Å². The monoisotopic (exact) mass is 386 g/mol. The first-order chi connectivity index (χ1) is 14.2. The smallest absolute Gasteiger partial charge is 0.236 e. The molecule has 4 heterocycles. The summed E-state index contributed by atoms with van der Waals surface area (Å²) < 4.78 is 1.68.